The second-order valence-corrected chi connectivity index (χ2v) is 5.51. The van der Waals surface area contributed by atoms with Crippen molar-refractivity contribution in [2.24, 2.45) is 0 Å². The van der Waals surface area contributed by atoms with Crippen LogP contribution in [0.15, 0.2) is 47.2 Å². The van der Waals surface area contributed by atoms with E-state index in [9.17, 15) is 9.90 Å². The van der Waals surface area contributed by atoms with Gasteiger partial charge in [-0.15, -0.1) is 0 Å². The van der Waals surface area contributed by atoms with Gasteiger partial charge in [0.05, 0.1) is 31.5 Å². The number of rotatable bonds is 7. The molecule has 0 aliphatic heterocycles. The van der Waals surface area contributed by atoms with Gasteiger partial charge in [0.2, 0.25) is 5.89 Å². The van der Waals surface area contributed by atoms with Gasteiger partial charge < -0.3 is 23.8 Å². The van der Waals surface area contributed by atoms with Gasteiger partial charge in [-0.1, -0.05) is 0 Å². The molecule has 0 saturated carbocycles. The lowest BCUT2D eigenvalue weighted by Gasteiger charge is -2.14. The number of oxazole rings is 1. The van der Waals surface area contributed by atoms with Gasteiger partial charge in [-0.2, -0.15) is 0 Å². The molecule has 1 unspecified atom stereocenters. The number of phenolic OH excluding ortho intramolecular Hbond substituents is 1. The minimum atomic E-state index is -0.395. The fraction of sp³-hybridized carbons (Fsp3) is 0.211. The van der Waals surface area contributed by atoms with Crippen LogP contribution in [0.25, 0.3) is 11.5 Å². The Balaban J connectivity index is 1.98. The molecule has 1 atom stereocenters. The van der Waals surface area contributed by atoms with E-state index in [4.69, 9.17) is 13.9 Å². The van der Waals surface area contributed by atoms with E-state index in [2.05, 4.69) is 9.97 Å². The number of pyridine rings is 1. The minimum absolute atomic E-state index is 0.0133. The first-order valence-corrected chi connectivity index (χ1v) is 7.93. The maximum absolute atomic E-state index is 11.2. The van der Waals surface area contributed by atoms with E-state index in [1.807, 2.05) is 0 Å². The van der Waals surface area contributed by atoms with E-state index in [-0.39, 0.29) is 12.2 Å². The average Bonchev–Trinajstić information content (AvgIpc) is 3.16. The minimum Gasteiger partial charge on any atom is -0.504 e. The van der Waals surface area contributed by atoms with Gasteiger partial charge in [0.15, 0.2) is 11.5 Å². The molecule has 0 saturated heterocycles. The first-order valence-electron chi connectivity index (χ1n) is 7.93. The van der Waals surface area contributed by atoms with E-state index in [1.165, 1.54) is 19.4 Å². The summed E-state index contributed by atoms with van der Waals surface area (Å²) in [6.45, 7) is 0. The lowest BCUT2D eigenvalue weighted by molar-refractivity contribution is -0.108. The van der Waals surface area contributed by atoms with E-state index < -0.39 is 5.92 Å². The third kappa shape index (κ3) is 3.37. The standard InChI is InChI=1S/C19H18N2O5/c1-24-16-6-5-12(10-15(16)23)19-21-14(11-26-19)13(7-9-22)18-17(25-2)4-3-8-20-18/h3-6,8-11,13,23H,7H2,1-2H3. The number of aromatic nitrogens is 2. The summed E-state index contributed by atoms with van der Waals surface area (Å²) in [5, 5.41) is 9.93. The predicted octanol–water partition coefficient (Wildman–Crippen LogP) is 3.18. The molecule has 26 heavy (non-hydrogen) atoms. The van der Waals surface area contributed by atoms with Crippen LogP contribution in [0, 0.1) is 0 Å². The Morgan fingerprint density at radius 2 is 2.04 bits per heavy atom. The predicted molar refractivity (Wildman–Crippen MR) is 93.5 cm³/mol. The van der Waals surface area contributed by atoms with Gasteiger partial charge in [-0.3, -0.25) is 4.98 Å². The van der Waals surface area contributed by atoms with Crippen molar-refractivity contribution in [1.82, 2.24) is 9.97 Å². The highest BCUT2D eigenvalue weighted by Gasteiger charge is 2.23. The molecule has 7 nitrogen and oxygen atoms in total. The van der Waals surface area contributed by atoms with Crippen LogP contribution >= 0.6 is 0 Å². The molecule has 0 fully saturated rings. The molecule has 7 heteroatoms. The topological polar surface area (TPSA) is 94.7 Å². The fourth-order valence-electron chi connectivity index (χ4n) is 2.71. The van der Waals surface area contributed by atoms with Gasteiger partial charge in [0.1, 0.15) is 18.3 Å². The van der Waals surface area contributed by atoms with Crippen LogP contribution in [0.2, 0.25) is 0 Å². The molecule has 0 radical (unpaired) electrons. The van der Waals surface area contributed by atoms with Gasteiger partial charge >= 0.3 is 0 Å². The van der Waals surface area contributed by atoms with Crippen molar-refractivity contribution in [3.63, 3.8) is 0 Å². The molecule has 134 valence electrons. The Morgan fingerprint density at radius 3 is 2.73 bits per heavy atom. The first-order chi connectivity index (χ1) is 12.7. The number of nitrogens with zero attached hydrogens (tertiary/aromatic N) is 2. The molecule has 3 aromatic rings. The summed E-state index contributed by atoms with van der Waals surface area (Å²) in [7, 11) is 3.02. The number of benzene rings is 1. The summed E-state index contributed by atoms with van der Waals surface area (Å²) in [5.41, 5.74) is 1.76. The highest BCUT2D eigenvalue weighted by atomic mass is 16.5. The van der Waals surface area contributed by atoms with Crippen LogP contribution in [0.3, 0.4) is 0 Å². The Hall–Kier alpha value is -3.35. The van der Waals surface area contributed by atoms with E-state index in [0.717, 1.165) is 6.29 Å². The molecule has 1 aromatic carbocycles. The lowest BCUT2D eigenvalue weighted by atomic mass is 9.97. The summed E-state index contributed by atoms with van der Waals surface area (Å²) in [6, 6.07) is 8.39. The maximum Gasteiger partial charge on any atom is 0.226 e. The number of aromatic hydroxyl groups is 1. The monoisotopic (exact) mass is 354 g/mol. The molecule has 3 rings (SSSR count). The Morgan fingerprint density at radius 1 is 1.23 bits per heavy atom. The van der Waals surface area contributed by atoms with Crippen LogP contribution in [-0.2, 0) is 4.79 Å². The number of carbonyl (C=O) groups excluding carboxylic acids is 1. The Bertz CT molecular complexity index is 906. The summed E-state index contributed by atoms with van der Waals surface area (Å²) in [4.78, 5) is 20.0. The van der Waals surface area contributed by atoms with Crippen molar-refractivity contribution in [3.8, 4) is 28.7 Å². The molecule has 0 aliphatic carbocycles. The third-order valence-electron chi connectivity index (χ3n) is 3.99. The van der Waals surface area contributed by atoms with Crippen molar-refractivity contribution >= 4 is 6.29 Å². The average molecular weight is 354 g/mol. The van der Waals surface area contributed by atoms with Crippen LogP contribution in [-0.4, -0.2) is 35.6 Å². The highest BCUT2D eigenvalue weighted by molar-refractivity contribution is 5.60. The summed E-state index contributed by atoms with van der Waals surface area (Å²) in [6.07, 6.45) is 4.12. The van der Waals surface area contributed by atoms with Crippen LogP contribution in [0.5, 0.6) is 17.2 Å². The molecule has 1 N–H and O–H groups in total. The lowest BCUT2D eigenvalue weighted by Crippen LogP contribution is -2.07. The second kappa shape index (κ2) is 7.69. The molecular formula is C19H18N2O5. The largest absolute Gasteiger partial charge is 0.504 e. The fourth-order valence-corrected chi connectivity index (χ4v) is 2.71. The number of hydrogen-bond acceptors (Lipinski definition) is 7. The summed E-state index contributed by atoms with van der Waals surface area (Å²) >= 11 is 0. The molecular weight excluding hydrogens is 336 g/mol. The quantitative estimate of drug-likeness (QED) is 0.651. The van der Waals surface area contributed by atoms with Crippen molar-refractivity contribution < 1.29 is 23.8 Å². The second-order valence-electron chi connectivity index (χ2n) is 5.51. The van der Waals surface area contributed by atoms with Gasteiger partial charge in [-0.05, 0) is 30.3 Å². The molecule has 0 spiro atoms. The van der Waals surface area contributed by atoms with Crippen LogP contribution in [0.1, 0.15) is 23.7 Å². The number of methoxy groups -OCH3 is 2. The molecule has 0 aliphatic rings. The number of aldehydes is 1. The van der Waals surface area contributed by atoms with Gasteiger partial charge in [0, 0.05) is 18.2 Å². The van der Waals surface area contributed by atoms with Gasteiger partial charge in [0.25, 0.3) is 0 Å². The number of carbonyl (C=O) groups is 1. The summed E-state index contributed by atoms with van der Waals surface area (Å²) in [5.74, 6) is 0.848. The molecule has 0 amide bonds. The van der Waals surface area contributed by atoms with Crippen molar-refractivity contribution in [3.05, 3.63) is 54.2 Å². The first kappa shape index (κ1) is 17.5. The van der Waals surface area contributed by atoms with E-state index in [0.29, 0.717) is 34.3 Å². The van der Waals surface area contributed by atoms with Gasteiger partial charge in [-0.25, -0.2) is 4.98 Å². The van der Waals surface area contributed by atoms with Crippen molar-refractivity contribution in [2.45, 2.75) is 12.3 Å². The maximum atomic E-state index is 11.2. The smallest absolute Gasteiger partial charge is 0.226 e. The highest BCUT2D eigenvalue weighted by Crippen LogP contribution is 2.35. The van der Waals surface area contributed by atoms with Crippen LogP contribution in [0.4, 0.5) is 0 Å². The van der Waals surface area contributed by atoms with E-state index in [1.54, 1.807) is 37.6 Å². The van der Waals surface area contributed by atoms with E-state index >= 15 is 0 Å². The molecule has 2 heterocycles. The normalized spacial score (nSPS) is 11.8. The zero-order chi connectivity index (χ0) is 18.5. The molecule has 2 aromatic heterocycles. The number of hydrogen-bond donors (Lipinski definition) is 1. The van der Waals surface area contributed by atoms with Crippen LogP contribution < -0.4 is 9.47 Å². The molecule has 0 bridgehead atoms. The third-order valence-corrected chi connectivity index (χ3v) is 3.99. The zero-order valence-electron chi connectivity index (χ0n) is 14.4. The Kier molecular flexibility index (Phi) is 5.17. The Labute approximate surface area is 150 Å². The zero-order valence-corrected chi connectivity index (χ0v) is 14.4. The number of ether oxygens (including phenoxy) is 2. The van der Waals surface area contributed by atoms with Crippen molar-refractivity contribution in [1.29, 1.82) is 0 Å². The SMILES string of the molecule is COc1ccc(-c2nc(C(CC=O)c3ncccc3OC)co2)cc1O. The van der Waals surface area contributed by atoms with Crippen molar-refractivity contribution in [2.75, 3.05) is 14.2 Å². The summed E-state index contributed by atoms with van der Waals surface area (Å²) < 4.78 is 15.9. The number of phenols is 1.